The summed E-state index contributed by atoms with van der Waals surface area (Å²) in [6.07, 6.45) is 1.84. The standard InChI is InChI=1S/C20H26N4O.HI/c1-3-16-10-7-11-18(14-16)24-19(25)15-23-20(21-2)22-13-12-17-8-5-4-6-9-17;/h4-11,14H,3,12-13,15H2,1-2H3,(H,24,25)(H2,21,22,23);1H. The van der Waals surface area contributed by atoms with Gasteiger partial charge in [0.05, 0.1) is 6.54 Å². The van der Waals surface area contributed by atoms with E-state index in [0.29, 0.717) is 5.96 Å². The number of benzene rings is 2. The Morgan fingerprint density at radius 3 is 2.42 bits per heavy atom. The lowest BCUT2D eigenvalue weighted by atomic mass is 10.1. The second-order valence-electron chi connectivity index (χ2n) is 5.69. The fourth-order valence-corrected chi connectivity index (χ4v) is 2.43. The summed E-state index contributed by atoms with van der Waals surface area (Å²) in [6.45, 7) is 3.01. The minimum Gasteiger partial charge on any atom is -0.356 e. The number of carbonyl (C=O) groups is 1. The molecule has 2 rings (SSSR count). The number of aliphatic imine (C=N–C) groups is 1. The summed E-state index contributed by atoms with van der Waals surface area (Å²) in [6, 6.07) is 18.1. The van der Waals surface area contributed by atoms with Crippen LogP contribution >= 0.6 is 24.0 Å². The Bertz CT molecular complexity index is 704. The lowest BCUT2D eigenvalue weighted by Crippen LogP contribution is -2.42. The van der Waals surface area contributed by atoms with Gasteiger partial charge in [0.25, 0.3) is 0 Å². The summed E-state index contributed by atoms with van der Waals surface area (Å²) in [5.41, 5.74) is 3.28. The predicted octanol–water partition coefficient (Wildman–Crippen LogP) is 3.21. The van der Waals surface area contributed by atoms with Gasteiger partial charge in [-0.05, 0) is 36.1 Å². The van der Waals surface area contributed by atoms with Crippen molar-refractivity contribution in [3.8, 4) is 0 Å². The molecule has 0 aliphatic heterocycles. The van der Waals surface area contributed by atoms with Crippen molar-refractivity contribution in [1.29, 1.82) is 0 Å². The van der Waals surface area contributed by atoms with E-state index in [-0.39, 0.29) is 36.4 Å². The number of nitrogens with one attached hydrogen (secondary N) is 3. The van der Waals surface area contributed by atoms with Crippen molar-refractivity contribution in [3.63, 3.8) is 0 Å². The number of carbonyl (C=O) groups excluding carboxylic acids is 1. The molecule has 0 saturated heterocycles. The molecule has 0 fully saturated rings. The monoisotopic (exact) mass is 466 g/mol. The topological polar surface area (TPSA) is 65.5 Å². The lowest BCUT2D eigenvalue weighted by Gasteiger charge is -2.12. The first kappa shape index (κ1) is 22.0. The lowest BCUT2D eigenvalue weighted by molar-refractivity contribution is -0.115. The summed E-state index contributed by atoms with van der Waals surface area (Å²) in [4.78, 5) is 16.2. The summed E-state index contributed by atoms with van der Waals surface area (Å²) in [7, 11) is 1.69. The van der Waals surface area contributed by atoms with Crippen LogP contribution in [0.2, 0.25) is 0 Å². The number of guanidine groups is 1. The predicted molar refractivity (Wildman–Crippen MR) is 119 cm³/mol. The van der Waals surface area contributed by atoms with Crippen LogP contribution in [0.3, 0.4) is 0 Å². The molecule has 6 heteroatoms. The molecule has 2 aromatic rings. The van der Waals surface area contributed by atoms with Gasteiger partial charge in [-0.15, -0.1) is 24.0 Å². The van der Waals surface area contributed by atoms with Gasteiger partial charge in [0.15, 0.2) is 5.96 Å². The van der Waals surface area contributed by atoms with E-state index in [4.69, 9.17) is 0 Å². The molecule has 26 heavy (non-hydrogen) atoms. The number of hydrogen-bond acceptors (Lipinski definition) is 2. The van der Waals surface area contributed by atoms with Gasteiger partial charge in [-0.1, -0.05) is 49.4 Å². The van der Waals surface area contributed by atoms with Gasteiger partial charge in [0.2, 0.25) is 5.91 Å². The van der Waals surface area contributed by atoms with Crippen molar-refractivity contribution >= 4 is 41.5 Å². The van der Waals surface area contributed by atoms with Gasteiger partial charge in [-0.25, -0.2) is 0 Å². The normalized spacial score (nSPS) is 10.6. The van der Waals surface area contributed by atoms with E-state index in [0.717, 1.165) is 25.1 Å². The number of hydrogen-bond donors (Lipinski definition) is 3. The van der Waals surface area contributed by atoms with Crippen molar-refractivity contribution in [2.45, 2.75) is 19.8 Å². The minimum absolute atomic E-state index is 0. The maximum absolute atomic E-state index is 12.1. The third kappa shape index (κ3) is 7.86. The highest BCUT2D eigenvalue weighted by molar-refractivity contribution is 14.0. The highest BCUT2D eigenvalue weighted by Gasteiger charge is 2.04. The van der Waals surface area contributed by atoms with Gasteiger partial charge in [0, 0.05) is 19.3 Å². The zero-order chi connectivity index (χ0) is 17.9. The van der Waals surface area contributed by atoms with E-state index < -0.39 is 0 Å². The van der Waals surface area contributed by atoms with Crippen LogP contribution in [0.5, 0.6) is 0 Å². The van der Waals surface area contributed by atoms with E-state index in [1.165, 1.54) is 11.1 Å². The average molecular weight is 466 g/mol. The fourth-order valence-electron chi connectivity index (χ4n) is 2.43. The molecule has 0 spiro atoms. The van der Waals surface area contributed by atoms with Crippen molar-refractivity contribution in [2.75, 3.05) is 25.5 Å². The van der Waals surface area contributed by atoms with Crippen LogP contribution in [0.1, 0.15) is 18.1 Å². The summed E-state index contributed by atoms with van der Waals surface area (Å²) < 4.78 is 0. The quantitative estimate of drug-likeness (QED) is 0.334. The van der Waals surface area contributed by atoms with E-state index in [1.54, 1.807) is 7.05 Å². The third-order valence-electron chi connectivity index (χ3n) is 3.81. The molecule has 0 bridgehead atoms. The third-order valence-corrected chi connectivity index (χ3v) is 3.81. The smallest absolute Gasteiger partial charge is 0.243 e. The molecule has 0 aliphatic rings. The molecule has 3 N–H and O–H groups in total. The molecule has 0 heterocycles. The van der Waals surface area contributed by atoms with Crippen molar-refractivity contribution in [3.05, 3.63) is 65.7 Å². The SMILES string of the molecule is CCc1cccc(NC(=O)CNC(=NC)NCCc2ccccc2)c1.I. The van der Waals surface area contributed by atoms with Crippen molar-refractivity contribution in [2.24, 2.45) is 4.99 Å². The minimum atomic E-state index is -0.0979. The Balaban J connectivity index is 0.00000338. The highest BCUT2D eigenvalue weighted by Crippen LogP contribution is 2.10. The van der Waals surface area contributed by atoms with Crippen LogP contribution < -0.4 is 16.0 Å². The van der Waals surface area contributed by atoms with Gasteiger partial charge >= 0.3 is 0 Å². The Labute approximate surface area is 172 Å². The van der Waals surface area contributed by atoms with Crippen LogP contribution in [-0.4, -0.2) is 32.0 Å². The molecule has 1 amide bonds. The van der Waals surface area contributed by atoms with Crippen molar-refractivity contribution in [1.82, 2.24) is 10.6 Å². The molecular weight excluding hydrogens is 439 g/mol. The van der Waals surface area contributed by atoms with Crippen LogP contribution in [0, 0.1) is 0 Å². The molecule has 5 nitrogen and oxygen atoms in total. The van der Waals surface area contributed by atoms with Gasteiger partial charge in [-0.3, -0.25) is 9.79 Å². The molecule has 0 aromatic heterocycles. The molecule has 0 aliphatic carbocycles. The number of aryl methyl sites for hydroxylation is 1. The Morgan fingerprint density at radius 2 is 1.73 bits per heavy atom. The van der Waals surface area contributed by atoms with Crippen LogP contribution in [0.25, 0.3) is 0 Å². The average Bonchev–Trinajstić information content (AvgIpc) is 2.65. The Morgan fingerprint density at radius 1 is 1.00 bits per heavy atom. The second kappa shape index (κ2) is 12.3. The molecule has 2 aromatic carbocycles. The Kier molecular flexibility index (Phi) is 10.4. The fraction of sp³-hybridized carbons (Fsp3) is 0.300. The van der Waals surface area contributed by atoms with Gasteiger partial charge in [0.1, 0.15) is 0 Å². The molecular formula is C20H27IN4O. The molecule has 140 valence electrons. The highest BCUT2D eigenvalue weighted by atomic mass is 127. The second-order valence-corrected chi connectivity index (χ2v) is 5.69. The van der Waals surface area contributed by atoms with E-state index in [2.05, 4.69) is 40.0 Å². The summed E-state index contributed by atoms with van der Waals surface area (Å²) in [5.74, 6) is 0.521. The number of nitrogens with zero attached hydrogens (tertiary/aromatic N) is 1. The van der Waals surface area contributed by atoms with E-state index in [1.807, 2.05) is 42.5 Å². The van der Waals surface area contributed by atoms with Gasteiger partial charge < -0.3 is 16.0 Å². The first-order valence-electron chi connectivity index (χ1n) is 8.58. The van der Waals surface area contributed by atoms with E-state index >= 15 is 0 Å². The zero-order valence-electron chi connectivity index (χ0n) is 15.3. The van der Waals surface area contributed by atoms with Gasteiger partial charge in [-0.2, -0.15) is 0 Å². The summed E-state index contributed by atoms with van der Waals surface area (Å²) in [5, 5.41) is 9.14. The first-order chi connectivity index (χ1) is 12.2. The molecule has 0 radical (unpaired) electrons. The number of amides is 1. The van der Waals surface area contributed by atoms with E-state index in [9.17, 15) is 4.79 Å². The maximum Gasteiger partial charge on any atom is 0.243 e. The Hall–Kier alpha value is -2.09. The van der Waals surface area contributed by atoms with Crippen LogP contribution in [0.15, 0.2) is 59.6 Å². The van der Waals surface area contributed by atoms with Crippen LogP contribution in [-0.2, 0) is 17.6 Å². The van der Waals surface area contributed by atoms with Crippen LogP contribution in [0.4, 0.5) is 5.69 Å². The molecule has 0 unspecified atom stereocenters. The number of anilines is 1. The molecule has 0 saturated carbocycles. The zero-order valence-corrected chi connectivity index (χ0v) is 17.6. The molecule has 0 atom stereocenters. The first-order valence-corrected chi connectivity index (χ1v) is 8.58. The van der Waals surface area contributed by atoms with Crippen molar-refractivity contribution < 1.29 is 4.79 Å². The maximum atomic E-state index is 12.1. The number of halogens is 1. The summed E-state index contributed by atoms with van der Waals surface area (Å²) >= 11 is 0. The largest absolute Gasteiger partial charge is 0.356 e. The number of rotatable bonds is 7.